The van der Waals surface area contributed by atoms with Crippen LogP contribution in [0.3, 0.4) is 0 Å². The summed E-state index contributed by atoms with van der Waals surface area (Å²) < 4.78 is 0. The molecule has 0 aromatic heterocycles. The van der Waals surface area contributed by atoms with E-state index in [2.05, 4.69) is 31.9 Å². The number of amides is 6. The Morgan fingerprint density at radius 1 is 0.695 bits per heavy atom. The van der Waals surface area contributed by atoms with Crippen molar-refractivity contribution >= 4 is 59.6 Å². The lowest BCUT2D eigenvalue weighted by molar-refractivity contribution is -0.142. The number of aryl methyl sites for hydroxylation is 1. The molecule has 20 heteroatoms. The van der Waals surface area contributed by atoms with Crippen molar-refractivity contribution < 1.29 is 63.3 Å². The number of nitrogens with zero attached hydrogens (tertiary/aromatic N) is 1. The van der Waals surface area contributed by atoms with E-state index in [9.17, 15) is 58.2 Å². The molecule has 0 saturated heterocycles. The zero-order valence-corrected chi connectivity index (χ0v) is 34.0. The molecule has 0 aliphatic carbocycles. The SMILES string of the molecule is Cc1ccccc1C[C@H](NC(=O)[C@H](CCC(=O)O)NC(=O)[C@H](CC(=O)O)NC(=O)CCC(=O)O)C(=O)N[C@H](C(=O)N[C@@H](CC(C)C)C(=O)NC(C=O)CC#N)C(C)(C)C. The van der Waals surface area contributed by atoms with E-state index in [-0.39, 0.29) is 25.2 Å². The van der Waals surface area contributed by atoms with E-state index >= 15 is 0 Å². The third kappa shape index (κ3) is 19.1. The van der Waals surface area contributed by atoms with Crippen molar-refractivity contribution in [3.05, 3.63) is 35.4 Å². The van der Waals surface area contributed by atoms with Gasteiger partial charge in [0.25, 0.3) is 0 Å². The number of carboxylic acids is 3. The Labute approximate surface area is 341 Å². The first-order valence-corrected chi connectivity index (χ1v) is 18.8. The van der Waals surface area contributed by atoms with Crippen molar-refractivity contribution in [1.29, 1.82) is 5.26 Å². The molecule has 20 nitrogen and oxygen atoms in total. The molecule has 0 heterocycles. The maximum atomic E-state index is 14.2. The van der Waals surface area contributed by atoms with Crippen LogP contribution in [-0.2, 0) is 54.4 Å². The second kappa shape index (κ2) is 24.4. The minimum atomic E-state index is -1.80. The fourth-order valence-electron chi connectivity index (χ4n) is 5.61. The van der Waals surface area contributed by atoms with E-state index in [0.29, 0.717) is 17.4 Å². The fraction of sp³-hybridized carbons (Fsp3) is 0.564. The third-order valence-electron chi connectivity index (χ3n) is 8.75. The first kappa shape index (κ1) is 50.6. The number of carbonyl (C=O) groups excluding carboxylic acids is 7. The number of aldehydes is 1. The quantitative estimate of drug-likeness (QED) is 0.0580. The number of hydrogen-bond acceptors (Lipinski definition) is 11. The molecule has 6 amide bonds. The molecule has 324 valence electrons. The Balaban J connectivity index is 3.55. The Morgan fingerprint density at radius 2 is 1.24 bits per heavy atom. The molecular formula is C39H55N7O13. The summed E-state index contributed by atoms with van der Waals surface area (Å²) in [5.74, 6) is -10.1. The van der Waals surface area contributed by atoms with Gasteiger partial charge in [0.05, 0.1) is 31.4 Å². The van der Waals surface area contributed by atoms with Gasteiger partial charge in [-0.2, -0.15) is 5.26 Å². The van der Waals surface area contributed by atoms with Gasteiger partial charge in [-0.3, -0.25) is 43.2 Å². The van der Waals surface area contributed by atoms with Crippen LogP contribution in [0.1, 0.15) is 90.7 Å². The van der Waals surface area contributed by atoms with Gasteiger partial charge >= 0.3 is 17.9 Å². The van der Waals surface area contributed by atoms with E-state index in [4.69, 9.17) is 10.4 Å². The van der Waals surface area contributed by atoms with Gasteiger partial charge in [-0.05, 0) is 42.2 Å². The van der Waals surface area contributed by atoms with Gasteiger partial charge < -0.3 is 52.0 Å². The molecule has 0 spiro atoms. The molecular weight excluding hydrogens is 774 g/mol. The monoisotopic (exact) mass is 829 g/mol. The van der Waals surface area contributed by atoms with Gasteiger partial charge in [0, 0.05) is 19.3 Å². The molecule has 9 N–H and O–H groups in total. The van der Waals surface area contributed by atoms with Crippen molar-refractivity contribution in [2.24, 2.45) is 11.3 Å². The first-order chi connectivity index (χ1) is 27.5. The van der Waals surface area contributed by atoms with Crippen molar-refractivity contribution in [2.45, 2.75) is 129 Å². The molecule has 6 atom stereocenters. The van der Waals surface area contributed by atoms with Gasteiger partial charge in [-0.1, -0.05) is 58.9 Å². The van der Waals surface area contributed by atoms with Crippen molar-refractivity contribution in [1.82, 2.24) is 31.9 Å². The molecule has 1 aromatic carbocycles. The Kier molecular flexibility index (Phi) is 20.9. The van der Waals surface area contributed by atoms with Crippen LogP contribution in [0.2, 0.25) is 0 Å². The summed E-state index contributed by atoms with van der Waals surface area (Å²) >= 11 is 0. The van der Waals surface area contributed by atoms with E-state index < -0.39 is 127 Å². The van der Waals surface area contributed by atoms with Gasteiger partial charge in [0.1, 0.15) is 36.5 Å². The first-order valence-electron chi connectivity index (χ1n) is 18.8. The van der Waals surface area contributed by atoms with Gasteiger partial charge in [0.2, 0.25) is 35.4 Å². The topological polar surface area (TPSA) is 327 Å². The lowest BCUT2D eigenvalue weighted by Gasteiger charge is -2.33. The zero-order valence-electron chi connectivity index (χ0n) is 34.0. The summed E-state index contributed by atoms with van der Waals surface area (Å²) in [5.41, 5.74) is 0.272. The van der Waals surface area contributed by atoms with Crippen LogP contribution in [0.25, 0.3) is 0 Å². The summed E-state index contributed by atoms with van der Waals surface area (Å²) in [6.45, 7) is 10.2. The Hall–Kier alpha value is -6.39. The van der Waals surface area contributed by atoms with Crippen LogP contribution < -0.4 is 31.9 Å². The van der Waals surface area contributed by atoms with Crippen LogP contribution in [0, 0.1) is 29.6 Å². The maximum absolute atomic E-state index is 14.2. The predicted molar refractivity (Wildman–Crippen MR) is 208 cm³/mol. The average molecular weight is 830 g/mol. The number of rotatable bonds is 25. The average Bonchev–Trinajstić information content (AvgIpc) is 3.13. The molecule has 1 rings (SSSR count). The van der Waals surface area contributed by atoms with Crippen molar-refractivity contribution in [2.75, 3.05) is 0 Å². The fourth-order valence-corrected chi connectivity index (χ4v) is 5.61. The molecule has 1 unspecified atom stereocenters. The molecule has 1 aromatic rings. The van der Waals surface area contributed by atoms with Crippen LogP contribution in [-0.4, -0.2) is 111 Å². The number of aliphatic carboxylic acids is 3. The molecule has 0 radical (unpaired) electrons. The number of benzene rings is 1. The molecule has 0 fully saturated rings. The maximum Gasteiger partial charge on any atom is 0.305 e. The largest absolute Gasteiger partial charge is 0.481 e. The number of carbonyl (C=O) groups is 10. The Bertz CT molecular complexity index is 1750. The molecule has 0 aliphatic heterocycles. The van der Waals surface area contributed by atoms with E-state index in [0.717, 1.165) is 0 Å². The summed E-state index contributed by atoms with van der Waals surface area (Å²) in [7, 11) is 0. The normalized spacial score (nSPS) is 14.1. The van der Waals surface area contributed by atoms with Gasteiger partial charge in [-0.25, -0.2) is 0 Å². The smallest absolute Gasteiger partial charge is 0.305 e. The number of nitriles is 1. The lowest BCUT2D eigenvalue weighted by atomic mass is 9.85. The summed E-state index contributed by atoms with van der Waals surface area (Å²) in [6, 6.07) is -0.0163. The zero-order chi connectivity index (χ0) is 45.0. The van der Waals surface area contributed by atoms with Gasteiger partial charge in [-0.15, -0.1) is 0 Å². The number of carboxylic acid groups (broad SMARTS) is 3. The predicted octanol–water partition coefficient (Wildman–Crippen LogP) is -0.145. The highest BCUT2D eigenvalue weighted by atomic mass is 16.4. The molecule has 0 saturated carbocycles. The molecule has 0 aliphatic rings. The van der Waals surface area contributed by atoms with E-state index in [1.807, 2.05) is 0 Å². The highest BCUT2D eigenvalue weighted by molar-refractivity contribution is 5.97. The summed E-state index contributed by atoms with van der Waals surface area (Å²) in [5, 5.41) is 51.2. The highest BCUT2D eigenvalue weighted by Gasteiger charge is 2.38. The highest BCUT2D eigenvalue weighted by Crippen LogP contribution is 2.21. The van der Waals surface area contributed by atoms with E-state index in [1.165, 1.54) is 0 Å². The minimum absolute atomic E-state index is 0.120. The van der Waals surface area contributed by atoms with Crippen LogP contribution in [0.4, 0.5) is 0 Å². The Morgan fingerprint density at radius 3 is 1.76 bits per heavy atom. The standard InChI is InChI=1S/C39H55N7O13/c1-21(2)17-26(35(56)41-24(20-47)15-16-40)45-38(59)33(39(4,5)6)46-37(58)27(18-23-10-8-7-9-22(23)3)44-34(55)25(11-13-30(49)50)43-36(57)28(19-32(53)54)42-29(48)12-14-31(51)52/h7-10,20-21,24-28,33H,11-15,17-19H2,1-6H3,(H,41,56)(H,42,48)(H,43,57)(H,44,55)(H,45,59)(H,46,58)(H,49,50)(H,51,52)(H,53,54)/t24?,25-,26-,27-,28-,33+/m0/s1. The summed E-state index contributed by atoms with van der Waals surface area (Å²) in [4.78, 5) is 126. The van der Waals surface area contributed by atoms with Crippen LogP contribution in [0.15, 0.2) is 24.3 Å². The van der Waals surface area contributed by atoms with Crippen molar-refractivity contribution in [3.8, 4) is 6.07 Å². The number of hydrogen-bond donors (Lipinski definition) is 9. The second-order valence-electron chi connectivity index (χ2n) is 15.4. The van der Waals surface area contributed by atoms with E-state index in [1.54, 1.807) is 71.9 Å². The summed E-state index contributed by atoms with van der Waals surface area (Å²) in [6.07, 6.45) is -3.40. The van der Waals surface area contributed by atoms with Crippen molar-refractivity contribution in [3.63, 3.8) is 0 Å². The molecule has 0 bridgehead atoms. The third-order valence-corrected chi connectivity index (χ3v) is 8.75. The molecule has 59 heavy (non-hydrogen) atoms. The van der Waals surface area contributed by atoms with Gasteiger partial charge in [0.15, 0.2) is 0 Å². The number of nitrogens with one attached hydrogen (secondary N) is 6. The lowest BCUT2D eigenvalue weighted by Crippen LogP contribution is -2.62. The van der Waals surface area contributed by atoms with Crippen LogP contribution >= 0.6 is 0 Å². The second-order valence-corrected chi connectivity index (χ2v) is 15.4. The minimum Gasteiger partial charge on any atom is -0.481 e. The van der Waals surface area contributed by atoms with Crippen LogP contribution in [0.5, 0.6) is 0 Å².